The van der Waals surface area contributed by atoms with Crippen molar-refractivity contribution >= 4 is 52.5 Å². The summed E-state index contributed by atoms with van der Waals surface area (Å²) in [4.78, 5) is 27.2. The first kappa shape index (κ1) is 21.7. The molecule has 1 atom stereocenters. The fraction of sp³-hybridized carbons (Fsp3) is 0.348. The van der Waals surface area contributed by atoms with Gasteiger partial charge in [0.15, 0.2) is 5.11 Å². The van der Waals surface area contributed by atoms with Crippen molar-refractivity contribution in [3.05, 3.63) is 57.4 Å². The van der Waals surface area contributed by atoms with E-state index < -0.39 is 11.8 Å². The van der Waals surface area contributed by atoms with E-state index in [1.165, 1.54) is 4.90 Å². The van der Waals surface area contributed by atoms with Crippen LogP contribution in [-0.2, 0) is 20.9 Å². The van der Waals surface area contributed by atoms with Crippen molar-refractivity contribution < 1.29 is 14.3 Å². The maximum atomic E-state index is 13.3. The summed E-state index contributed by atoms with van der Waals surface area (Å²) in [5.74, 6) is -0.981. The van der Waals surface area contributed by atoms with E-state index in [0.29, 0.717) is 10.7 Å². The summed E-state index contributed by atoms with van der Waals surface area (Å²) >= 11 is 11.5. The number of halogens is 1. The molecule has 8 heteroatoms. The minimum Gasteiger partial charge on any atom is -0.376 e. The maximum Gasteiger partial charge on any atom is 0.270 e. The molecule has 4 rings (SSSR count). The highest BCUT2D eigenvalue weighted by molar-refractivity contribution is 7.80. The van der Waals surface area contributed by atoms with Gasteiger partial charge in [0.2, 0.25) is 0 Å². The molecule has 1 aromatic carbocycles. The van der Waals surface area contributed by atoms with Gasteiger partial charge in [0.1, 0.15) is 5.57 Å². The molecule has 2 aromatic rings. The fourth-order valence-electron chi connectivity index (χ4n) is 4.02. The first-order valence-electron chi connectivity index (χ1n) is 10.2. The highest BCUT2D eigenvalue weighted by Crippen LogP contribution is 2.28. The first-order chi connectivity index (χ1) is 14.8. The molecular formula is C23H24ClN3O3S. The van der Waals surface area contributed by atoms with Crippen LogP contribution in [0.5, 0.6) is 0 Å². The van der Waals surface area contributed by atoms with Gasteiger partial charge in [-0.25, -0.2) is 0 Å². The van der Waals surface area contributed by atoms with Crippen LogP contribution in [0, 0.1) is 20.8 Å². The summed E-state index contributed by atoms with van der Waals surface area (Å²) in [6.45, 7) is 7.44. The van der Waals surface area contributed by atoms with Crippen LogP contribution in [0.2, 0.25) is 5.02 Å². The molecule has 0 spiro atoms. The average Bonchev–Trinajstić information content (AvgIpc) is 3.32. The van der Waals surface area contributed by atoms with E-state index in [2.05, 4.69) is 9.88 Å². The van der Waals surface area contributed by atoms with E-state index in [0.717, 1.165) is 48.5 Å². The second-order valence-corrected chi connectivity index (χ2v) is 8.76. The normalized spacial score (nSPS) is 20.6. The van der Waals surface area contributed by atoms with Crippen LogP contribution in [0.4, 0.5) is 5.69 Å². The molecule has 0 unspecified atom stereocenters. The van der Waals surface area contributed by atoms with Crippen LogP contribution in [0.15, 0.2) is 29.8 Å². The van der Waals surface area contributed by atoms with Gasteiger partial charge in [-0.3, -0.25) is 19.8 Å². The molecule has 0 radical (unpaired) electrons. The van der Waals surface area contributed by atoms with E-state index >= 15 is 0 Å². The molecule has 2 saturated heterocycles. The zero-order valence-corrected chi connectivity index (χ0v) is 19.3. The molecule has 162 valence electrons. The third kappa shape index (κ3) is 4.18. The lowest BCUT2D eigenvalue weighted by atomic mass is 10.1. The van der Waals surface area contributed by atoms with Crippen LogP contribution in [0.3, 0.4) is 0 Å². The van der Waals surface area contributed by atoms with Crippen molar-refractivity contribution in [1.29, 1.82) is 0 Å². The molecule has 6 nitrogen and oxygen atoms in total. The molecule has 2 amide bonds. The monoisotopic (exact) mass is 457 g/mol. The van der Waals surface area contributed by atoms with Crippen molar-refractivity contribution in [2.45, 2.75) is 46.3 Å². The summed E-state index contributed by atoms with van der Waals surface area (Å²) < 4.78 is 7.94. The molecule has 0 saturated carbocycles. The highest BCUT2D eigenvalue weighted by atomic mass is 35.5. The number of nitrogens with one attached hydrogen (secondary N) is 1. The van der Waals surface area contributed by atoms with Gasteiger partial charge in [0.05, 0.1) is 11.8 Å². The zero-order valence-electron chi connectivity index (χ0n) is 17.7. The number of carbonyl (C=O) groups is 2. The Balaban J connectivity index is 1.68. The standard InChI is InChI=1S/C23H24ClN3O3S/c1-13-6-7-17(11-20(13)24)27-22(29)19(21(28)25-23(27)31)10-16-9-14(2)26(15(16)3)12-18-5-4-8-30-18/h6-7,9-11,18H,4-5,8,12H2,1-3H3,(H,25,28,31)/b19-10+/t18-/m0/s1. The first-order valence-corrected chi connectivity index (χ1v) is 11.0. The van der Waals surface area contributed by atoms with Crippen molar-refractivity contribution in [3.63, 3.8) is 0 Å². The summed E-state index contributed by atoms with van der Waals surface area (Å²) in [6, 6.07) is 7.22. The number of hydrogen-bond acceptors (Lipinski definition) is 4. The number of thiocarbonyl (C=S) groups is 1. The Morgan fingerprint density at radius 3 is 2.71 bits per heavy atom. The Morgan fingerprint density at radius 2 is 2.03 bits per heavy atom. The minimum atomic E-state index is -0.506. The Kier molecular flexibility index (Phi) is 6.01. The molecule has 0 aliphatic carbocycles. The van der Waals surface area contributed by atoms with Crippen LogP contribution in [0.25, 0.3) is 6.08 Å². The van der Waals surface area contributed by atoms with Crippen LogP contribution in [0.1, 0.15) is 35.4 Å². The third-order valence-corrected chi connectivity index (χ3v) is 6.53. The molecule has 0 bridgehead atoms. The van der Waals surface area contributed by atoms with Gasteiger partial charge >= 0.3 is 0 Å². The van der Waals surface area contributed by atoms with Crippen LogP contribution < -0.4 is 10.2 Å². The zero-order chi connectivity index (χ0) is 22.3. The number of aromatic nitrogens is 1. The van der Waals surface area contributed by atoms with Gasteiger partial charge in [0, 0.05) is 29.6 Å². The minimum absolute atomic E-state index is 0.0302. The molecule has 2 aliphatic rings. The molecule has 1 N–H and O–H groups in total. The number of nitrogens with zero attached hydrogens (tertiary/aromatic N) is 2. The van der Waals surface area contributed by atoms with E-state index in [9.17, 15) is 9.59 Å². The largest absolute Gasteiger partial charge is 0.376 e. The summed E-state index contributed by atoms with van der Waals surface area (Å²) in [5, 5.41) is 3.18. The second kappa shape index (κ2) is 8.57. The van der Waals surface area contributed by atoms with Crippen molar-refractivity contribution in [2.75, 3.05) is 11.5 Å². The van der Waals surface area contributed by atoms with Gasteiger partial charge in [-0.15, -0.1) is 0 Å². The van der Waals surface area contributed by atoms with E-state index in [-0.39, 0.29) is 16.8 Å². The predicted molar refractivity (Wildman–Crippen MR) is 125 cm³/mol. The van der Waals surface area contributed by atoms with Gasteiger partial charge in [-0.2, -0.15) is 0 Å². The van der Waals surface area contributed by atoms with Crippen molar-refractivity contribution in [3.8, 4) is 0 Å². The second-order valence-electron chi connectivity index (χ2n) is 7.96. The smallest absolute Gasteiger partial charge is 0.270 e. The van der Waals surface area contributed by atoms with Gasteiger partial charge in [-0.05, 0) is 81.2 Å². The molecule has 31 heavy (non-hydrogen) atoms. The Hall–Kier alpha value is -2.48. The topological polar surface area (TPSA) is 63.6 Å². The van der Waals surface area contributed by atoms with E-state index in [1.807, 2.05) is 32.9 Å². The molecule has 2 aliphatic heterocycles. The quantitative estimate of drug-likeness (QED) is 0.427. The van der Waals surface area contributed by atoms with Gasteiger partial charge < -0.3 is 9.30 Å². The maximum absolute atomic E-state index is 13.3. The number of hydrogen-bond donors (Lipinski definition) is 1. The highest BCUT2D eigenvalue weighted by Gasteiger charge is 2.35. The lowest BCUT2D eigenvalue weighted by Gasteiger charge is -2.29. The van der Waals surface area contributed by atoms with Gasteiger partial charge in [-0.1, -0.05) is 17.7 Å². The number of carbonyl (C=O) groups excluding carboxylic acids is 2. The number of benzene rings is 1. The third-order valence-electron chi connectivity index (χ3n) is 5.84. The molecule has 3 heterocycles. The number of aryl methyl sites for hydroxylation is 2. The SMILES string of the molecule is Cc1ccc(N2C(=O)/C(=C/c3cc(C)n(C[C@@H]4CCCO4)c3C)C(=O)NC2=S)cc1Cl. The summed E-state index contributed by atoms with van der Waals surface area (Å²) in [7, 11) is 0. The van der Waals surface area contributed by atoms with Gasteiger partial charge in [0.25, 0.3) is 11.8 Å². The average molecular weight is 458 g/mol. The lowest BCUT2D eigenvalue weighted by Crippen LogP contribution is -2.54. The van der Waals surface area contributed by atoms with Crippen molar-refractivity contribution in [2.24, 2.45) is 0 Å². The Morgan fingerprint density at radius 1 is 1.26 bits per heavy atom. The van der Waals surface area contributed by atoms with Crippen molar-refractivity contribution in [1.82, 2.24) is 9.88 Å². The number of amides is 2. The van der Waals surface area contributed by atoms with E-state index in [4.69, 9.17) is 28.6 Å². The Bertz CT molecular complexity index is 1120. The summed E-state index contributed by atoms with van der Waals surface area (Å²) in [5.41, 5.74) is 4.30. The number of ether oxygens (including phenoxy) is 1. The predicted octanol–water partition coefficient (Wildman–Crippen LogP) is 4.08. The summed E-state index contributed by atoms with van der Waals surface area (Å²) in [6.07, 6.45) is 3.95. The fourth-order valence-corrected chi connectivity index (χ4v) is 4.47. The molecule has 1 aromatic heterocycles. The lowest BCUT2D eigenvalue weighted by molar-refractivity contribution is -0.122. The van der Waals surface area contributed by atoms with E-state index in [1.54, 1.807) is 18.2 Å². The van der Waals surface area contributed by atoms with Crippen LogP contribution >= 0.6 is 23.8 Å². The number of anilines is 1. The molecular weight excluding hydrogens is 434 g/mol. The Labute approximate surface area is 191 Å². The van der Waals surface area contributed by atoms with Crippen LogP contribution in [-0.4, -0.2) is 34.2 Å². The number of rotatable bonds is 4. The molecule has 2 fully saturated rings.